The highest BCUT2D eigenvalue weighted by molar-refractivity contribution is 6.30. The van der Waals surface area contributed by atoms with Crippen LogP contribution in [0.1, 0.15) is 53.0 Å². The zero-order valence-corrected chi connectivity index (χ0v) is 18.2. The minimum absolute atomic E-state index is 0.0255. The number of hydrogen-bond acceptors (Lipinski definition) is 4. The number of carbonyl (C=O) groups excluding carboxylic acids is 1. The van der Waals surface area contributed by atoms with Crippen LogP contribution in [0.3, 0.4) is 0 Å². The molecule has 0 spiro atoms. The van der Waals surface area contributed by atoms with Crippen molar-refractivity contribution in [1.29, 1.82) is 0 Å². The van der Waals surface area contributed by atoms with Gasteiger partial charge in [0.25, 0.3) is 0 Å². The minimum atomic E-state index is -0.477. The largest absolute Gasteiger partial charge is 0.490 e. The number of pyridine rings is 1. The molecule has 1 atom stereocenters. The van der Waals surface area contributed by atoms with Crippen molar-refractivity contribution in [2.24, 2.45) is 5.92 Å². The van der Waals surface area contributed by atoms with E-state index in [1.807, 2.05) is 39.8 Å². The molecule has 1 aliphatic rings. The number of halogens is 1. The molecule has 2 aromatic rings. The van der Waals surface area contributed by atoms with E-state index >= 15 is 0 Å². The quantitative estimate of drug-likeness (QED) is 0.618. The molecule has 0 N–H and O–H groups in total. The van der Waals surface area contributed by atoms with Gasteiger partial charge in [0, 0.05) is 30.6 Å². The minimum Gasteiger partial charge on any atom is -0.490 e. The van der Waals surface area contributed by atoms with E-state index < -0.39 is 5.60 Å². The van der Waals surface area contributed by atoms with Gasteiger partial charge in [-0.2, -0.15) is 0 Å². The Bertz CT molecular complexity index is 870. The number of ether oxygens (including phenoxy) is 2. The monoisotopic (exact) mass is 404 g/mol. The Morgan fingerprint density at radius 1 is 1.21 bits per heavy atom. The fourth-order valence-corrected chi connectivity index (χ4v) is 3.56. The Morgan fingerprint density at radius 3 is 2.50 bits per heavy atom. The summed E-state index contributed by atoms with van der Waals surface area (Å²) in [5.41, 5.74) is 0.745. The predicted molar refractivity (Wildman–Crippen MR) is 112 cm³/mol. The number of likely N-dealkylation sites (tertiary alicyclic amines) is 1. The van der Waals surface area contributed by atoms with Gasteiger partial charge < -0.3 is 14.4 Å². The zero-order valence-electron chi connectivity index (χ0n) is 17.5. The molecule has 3 rings (SSSR count). The van der Waals surface area contributed by atoms with Crippen molar-refractivity contribution < 1.29 is 14.3 Å². The summed E-state index contributed by atoms with van der Waals surface area (Å²) in [7, 11) is 0. The van der Waals surface area contributed by atoms with E-state index in [0.29, 0.717) is 24.2 Å². The molecule has 0 saturated carbocycles. The van der Waals surface area contributed by atoms with Crippen LogP contribution in [0.4, 0.5) is 4.79 Å². The lowest BCUT2D eigenvalue weighted by Crippen LogP contribution is -2.55. The van der Waals surface area contributed by atoms with Gasteiger partial charge in [-0.15, -0.1) is 0 Å². The van der Waals surface area contributed by atoms with Gasteiger partial charge in [0.1, 0.15) is 22.6 Å². The highest BCUT2D eigenvalue weighted by atomic mass is 35.5. The highest BCUT2D eigenvalue weighted by Gasteiger charge is 2.37. The number of hydrogen-bond donors (Lipinski definition) is 0. The summed E-state index contributed by atoms with van der Waals surface area (Å²) in [6, 6.07) is 6.00. The number of fused-ring (bicyclic) bond motifs is 1. The number of aromatic nitrogens is 1. The molecule has 5 nitrogen and oxygen atoms in total. The summed E-state index contributed by atoms with van der Waals surface area (Å²) in [4.78, 5) is 18.1. The third kappa shape index (κ3) is 4.52. The van der Waals surface area contributed by atoms with Gasteiger partial charge >= 0.3 is 6.09 Å². The summed E-state index contributed by atoms with van der Waals surface area (Å²) >= 11 is 6.13. The van der Waals surface area contributed by atoms with Gasteiger partial charge in [-0.05, 0) is 56.7 Å². The fraction of sp³-hybridized carbons (Fsp3) is 0.545. The van der Waals surface area contributed by atoms with Crippen LogP contribution in [0.5, 0.6) is 5.75 Å². The summed E-state index contributed by atoms with van der Waals surface area (Å²) < 4.78 is 11.7. The van der Waals surface area contributed by atoms with Crippen molar-refractivity contribution in [3.8, 4) is 5.75 Å². The van der Waals surface area contributed by atoms with Gasteiger partial charge in [0.2, 0.25) is 0 Å². The number of carbonyl (C=O) groups is 1. The van der Waals surface area contributed by atoms with Crippen LogP contribution in [-0.2, 0) is 4.74 Å². The van der Waals surface area contributed by atoms with Crippen LogP contribution < -0.4 is 4.74 Å². The zero-order chi connectivity index (χ0) is 20.6. The molecule has 6 heteroatoms. The Morgan fingerprint density at radius 2 is 1.89 bits per heavy atom. The topological polar surface area (TPSA) is 51.7 Å². The second-order valence-corrected chi connectivity index (χ2v) is 9.22. The number of benzene rings is 1. The first kappa shape index (κ1) is 20.7. The summed E-state index contributed by atoms with van der Waals surface area (Å²) in [5, 5.41) is 2.51. The Balaban J connectivity index is 1.70. The van der Waals surface area contributed by atoms with Crippen LogP contribution in [0.2, 0.25) is 5.15 Å². The molecule has 1 aromatic carbocycles. The lowest BCUT2D eigenvalue weighted by Gasteiger charge is -2.42. The average Bonchev–Trinajstić information content (AvgIpc) is 2.51. The lowest BCUT2D eigenvalue weighted by molar-refractivity contribution is -0.0210. The number of amides is 1. The third-order valence-electron chi connectivity index (χ3n) is 5.02. The molecular formula is C22H29ClN2O3. The first-order valence-corrected chi connectivity index (χ1v) is 10.2. The summed E-state index contributed by atoms with van der Waals surface area (Å²) in [6.45, 7) is 13.3. The maximum atomic E-state index is 12.1. The summed E-state index contributed by atoms with van der Waals surface area (Å²) in [5.74, 6) is 1.45. The van der Waals surface area contributed by atoms with Gasteiger partial charge in [0.05, 0.1) is 0 Å². The highest BCUT2D eigenvalue weighted by Crippen LogP contribution is 2.35. The molecule has 1 aromatic heterocycles. The van der Waals surface area contributed by atoms with E-state index in [1.54, 1.807) is 11.1 Å². The van der Waals surface area contributed by atoms with Gasteiger partial charge in [-0.3, -0.25) is 0 Å². The molecule has 28 heavy (non-hydrogen) atoms. The molecule has 1 saturated heterocycles. The maximum Gasteiger partial charge on any atom is 0.410 e. The SMILES string of the molecule is CC(C)c1ccc(OC(C)C2CN(C(=O)OC(C)(C)C)C2)c2cnc(Cl)cc12. The molecule has 2 heterocycles. The third-order valence-corrected chi connectivity index (χ3v) is 5.23. The Hall–Kier alpha value is -2.01. The second-order valence-electron chi connectivity index (χ2n) is 8.83. The van der Waals surface area contributed by atoms with Crippen LogP contribution in [0, 0.1) is 5.92 Å². The molecule has 1 amide bonds. The maximum absolute atomic E-state index is 12.1. The van der Waals surface area contributed by atoms with E-state index in [1.165, 1.54) is 5.56 Å². The van der Waals surface area contributed by atoms with Crippen molar-refractivity contribution in [2.75, 3.05) is 13.1 Å². The molecule has 1 fully saturated rings. The Labute approximate surface area is 172 Å². The van der Waals surface area contributed by atoms with Crippen LogP contribution in [0.25, 0.3) is 10.8 Å². The number of rotatable bonds is 4. The Kier molecular flexibility index (Phi) is 5.76. The van der Waals surface area contributed by atoms with Crippen molar-refractivity contribution in [2.45, 2.75) is 59.2 Å². The van der Waals surface area contributed by atoms with E-state index in [-0.39, 0.29) is 18.1 Å². The van der Waals surface area contributed by atoms with Gasteiger partial charge in [-0.1, -0.05) is 31.5 Å². The first-order chi connectivity index (χ1) is 13.0. The molecule has 0 radical (unpaired) electrons. The van der Waals surface area contributed by atoms with Crippen molar-refractivity contribution in [1.82, 2.24) is 9.88 Å². The van der Waals surface area contributed by atoms with E-state index in [9.17, 15) is 4.79 Å². The number of nitrogens with zero attached hydrogens (tertiary/aromatic N) is 2. The smallest absolute Gasteiger partial charge is 0.410 e. The standard InChI is InChI=1S/C22H29ClN2O3/c1-13(2)16-7-8-19(18-10-24-20(23)9-17(16)18)27-14(3)15-11-25(12-15)21(26)28-22(4,5)6/h7-10,13-15H,11-12H2,1-6H3. The molecular weight excluding hydrogens is 376 g/mol. The van der Waals surface area contributed by atoms with Crippen LogP contribution >= 0.6 is 11.6 Å². The molecule has 0 bridgehead atoms. The lowest BCUT2D eigenvalue weighted by atomic mass is 9.94. The van der Waals surface area contributed by atoms with Crippen LogP contribution in [-0.4, -0.2) is 40.8 Å². The second kappa shape index (κ2) is 7.78. The van der Waals surface area contributed by atoms with Crippen molar-refractivity contribution in [3.05, 3.63) is 35.1 Å². The summed E-state index contributed by atoms with van der Waals surface area (Å²) in [6.07, 6.45) is 1.49. The van der Waals surface area contributed by atoms with Crippen LogP contribution in [0.15, 0.2) is 24.4 Å². The average molecular weight is 405 g/mol. The predicted octanol–water partition coefficient (Wildman–Crippen LogP) is 5.65. The molecule has 0 aliphatic carbocycles. The normalized spacial score (nSPS) is 16.2. The molecule has 1 unspecified atom stereocenters. The van der Waals surface area contributed by atoms with E-state index in [2.05, 4.69) is 24.9 Å². The molecule has 152 valence electrons. The molecule has 1 aliphatic heterocycles. The first-order valence-electron chi connectivity index (χ1n) is 9.78. The van der Waals surface area contributed by atoms with Crippen molar-refractivity contribution >= 4 is 28.5 Å². The fourth-order valence-electron chi connectivity index (χ4n) is 3.40. The van der Waals surface area contributed by atoms with Gasteiger partial charge in [-0.25, -0.2) is 9.78 Å². The van der Waals surface area contributed by atoms with Gasteiger partial charge in [0.15, 0.2) is 0 Å². The van der Waals surface area contributed by atoms with Crippen molar-refractivity contribution in [3.63, 3.8) is 0 Å². The van der Waals surface area contributed by atoms with E-state index in [0.717, 1.165) is 16.5 Å². The van der Waals surface area contributed by atoms with E-state index in [4.69, 9.17) is 21.1 Å².